The molecule has 3 aliphatic rings. The second kappa shape index (κ2) is 15.4. The Morgan fingerprint density at radius 3 is 2.40 bits per heavy atom. The van der Waals surface area contributed by atoms with Gasteiger partial charge in [0.15, 0.2) is 0 Å². The van der Waals surface area contributed by atoms with Crippen LogP contribution in [-0.2, 0) is 32.9 Å². The van der Waals surface area contributed by atoms with E-state index in [9.17, 15) is 0 Å². The van der Waals surface area contributed by atoms with E-state index in [1.165, 1.54) is 44.1 Å². The maximum atomic E-state index is 6.06. The van der Waals surface area contributed by atoms with Gasteiger partial charge in [-0.2, -0.15) is 0 Å². The Morgan fingerprint density at radius 1 is 0.880 bits per heavy atom. The van der Waals surface area contributed by atoms with Gasteiger partial charge in [0, 0.05) is 43.6 Å². The first-order chi connectivity index (χ1) is 23.6. The second-order valence-electron chi connectivity index (χ2n) is 15.9. The van der Waals surface area contributed by atoms with Gasteiger partial charge in [-0.15, -0.1) is 54.1 Å². The predicted octanol–water partition coefficient (Wildman–Crippen LogP) is 10.8. The van der Waals surface area contributed by atoms with Gasteiger partial charge in [0.1, 0.15) is 0 Å². The molecule has 0 saturated heterocycles. The molecule has 3 aliphatic carbocycles. The van der Waals surface area contributed by atoms with Gasteiger partial charge in [0.2, 0.25) is 5.71 Å². The van der Waals surface area contributed by atoms with Gasteiger partial charge in [0.05, 0.1) is 13.7 Å². The van der Waals surface area contributed by atoms with Crippen molar-refractivity contribution >= 4 is 35.3 Å². The largest absolute Gasteiger partial charge is 0.486 e. The van der Waals surface area contributed by atoms with E-state index in [1.807, 2.05) is 43.5 Å². The normalized spacial score (nSPS) is 18.6. The van der Waals surface area contributed by atoms with E-state index >= 15 is 0 Å². The third kappa shape index (κ3) is 8.04. The van der Waals surface area contributed by atoms with Crippen LogP contribution < -0.4 is 5.19 Å². The van der Waals surface area contributed by atoms with E-state index < -0.39 is 8.07 Å². The molecule has 0 spiro atoms. The Labute approximate surface area is 312 Å². The van der Waals surface area contributed by atoms with Crippen LogP contribution in [-0.4, -0.2) is 23.0 Å². The average Bonchev–Trinajstić information content (AvgIpc) is 3.46. The summed E-state index contributed by atoms with van der Waals surface area (Å²) in [5, 5.41) is 3.65. The smallest absolute Gasteiger partial charge is 0.216 e. The molecular formula is C44H49IrN3OSi-2. The first-order valence-corrected chi connectivity index (χ1v) is 21.7. The van der Waals surface area contributed by atoms with Crippen molar-refractivity contribution in [1.82, 2.24) is 15.0 Å². The maximum absolute atomic E-state index is 6.06. The summed E-state index contributed by atoms with van der Waals surface area (Å²) in [5.41, 5.74) is 9.30. The van der Waals surface area contributed by atoms with Gasteiger partial charge < -0.3 is 14.4 Å². The van der Waals surface area contributed by atoms with E-state index in [4.69, 9.17) is 9.40 Å². The zero-order valence-electron chi connectivity index (χ0n) is 30.3. The van der Waals surface area contributed by atoms with Crippen LogP contribution in [0.15, 0.2) is 83.5 Å². The monoisotopic (exact) mass is 856 g/mol. The fourth-order valence-electron chi connectivity index (χ4n) is 8.20. The topological polar surface area (TPSA) is 51.8 Å². The van der Waals surface area contributed by atoms with Crippen molar-refractivity contribution in [3.8, 4) is 22.5 Å². The molecule has 6 aromatic rings. The minimum atomic E-state index is -1.38. The number of aromatic nitrogens is 3. The van der Waals surface area contributed by atoms with Gasteiger partial charge in [0.25, 0.3) is 0 Å². The third-order valence-electron chi connectivity index (χ3n) is 10.6. The molecule has 1 atom stereocenters. The predicted molar refractivity (Wildman–Crippen MR) is 206 cm³/mol. The second-order valence-corrected chi connectivity index (χ2v) is 20.9. The molecule has 2 aromatic carbocycles. The summed E-state index contributed by atoms with van der Waals surface area (Å²) in [6.45, 7) is 13.8. The molecule has 9 rings (SSSR count). The van der Waals surface area contributed by atoms with Gasteiger partial charge >= 0.3 is 0 Å². The molecule has 261 valence electrons. The minimum Gasteiger partial charge on any atom is -0.486 e. The summed E-state index contributed by atoms with van der Waals surface area (Å²) in [6.07, 6.45) is 13.7. The molecule has 4 heterocycles. The molecule has 6 heteroatoms. The number of fused-ring (bicyclic) bond motifs is 6. The van der Waals surface area contributed by atoms with Crippen LogP contribution in [0.25, 0.3) is 44.6 Å². The standard InChI is InChI=1S/C23H30NSi.C21H19N2O.Ir/c1-25(2,3)23-16-24-22(19-7-5-4-6-8-19)15-21(23)14-20-13-17-9-11-18(20)12-10-17;1-13(2)11-15-9-10-22-19(12-15)18-6-4-5-16-17-8-7-14(3)23-21(17)24-20(16)18;/h4-7,15-18,20H,9-14H2,1-3H3;4-5,7-10,12-13H,11H2,1-3H3;/q2*-1;. The Bertz CT molecular complexity index is 2060. The van der Waals surface area contributed by atoms with Crippen LogP contribution in [0, 0.1) is 42.7 Å². The number of hydrogen-bond acceptors (Lipinski definition) is 4. The summed E-state index contributed by atoms with van der Waals surface area (Å²) in [6, 6.07) is 29.5. The zero-order valence-corrected chi connectivity index (χ0v) is 33.7. The molecule has 4 nitrogen and oxygen atoms in total. The van der Waals surface area contributed by atoms with Crippen LogP contribution in [0.3, 0.4) is 0 Å². The molecule has 2 bridgehead atoms. The fourth-order valence-corrected chi connectivity index (χ4v) is 9.79. The number of furan rings is 1. The van der Waals surface area contributed by atoms with E-state index in [0.717, 1.165) is 68.7 Å². The Kier molecular flexibility index (Phi) is 11.2. The average molecular weight is 856 g/mol. The van der Waals surface area contributed by atoms with Crippen LogP contribution in [0.5, 0.6) is 0 Å². The number of aryl methyl sites for hydroxylation is 1. The quantitative estimate of drug-likeness (QED) is 0.119. The molecule has 3 saturated carbocycles. The van der Waals surface area contributed by atoms with Crippen molar-refractivity contribution in [2.45, 2.75) is 85.4 Å². The third-order valence-corrected chi connectivity index (χ3v) is 12.7. The van der Waals surface area contributed by atoms with Crippen LogP contribution in [0.4, 0.5) is 0 Å². The van der Waals surface area contributed by atoms with Crippen molar-refractivity contribution < 1.29 is 24.5 Å². The Hall–Kier alpha value is -3.44. The van der Waals surface area contributed by atoms with Crippen LogP contribution in [0.1, 0.15) is 62.8 Å². The van der Waals surface area contributed by atoms with E-state index in [0.29, 0.717) is 11.6 Å². The van der Waals surface area contributed by atoms with E-state index in [2.05, 4.69) is 98.2 Å². The molecule has 1 radical (unpaired) electrons. The van der Waals surface area contributed by atoms with Crippen molar-refractivity contribution in [1.29, 1.82) is 0 Å². The zero-order chi connectivity index (χ0) is 34.1. The first kappa shape index (κ1) is 36.4. The van der Waals surface area contributed by atoms with Crippen LogP contribution in [0.2, 0.25) is 19.6 Å². The molecule has 50 heavy (non-hydrogen) atoms. The summed E-state index contributed by atoms with van der Waals surface area (Å²) in [4.78, 5) is 13.9. The van der Waals surface area contributed by atoms with Crippen LogP contribution >= 0.6 is 0 Å². The number of pyridine rings is 3. The Balaban J connectivity index is 0.000000170. The van der Waals surface area contributed by atoms with E-state index in [-0.39, 0.29) is 20.1 Å². The molecule has 0 N–H and O–H groups in total. The number of nitrogens with zero attached hydrogens (tertiary/aromatic N) is 3. The summed E-state index contributed by atoms with van der Waals surface area (Å²) in [7, 11) is -1.38. The molecule has 0 aliphatic heterocycles. The fraction of sp³-hybridized carbons (Fsp3) is 0.386. The summed E-state index contributed by atoms with van der Waals surface area (Å²) in [5.74, 6) is 3.49. The van der Waals surface area contributed by atoms with Gasteiger partial charge in [-0.1, -0.05) is 80.5 Å². The number of hydrogen-bond donors (Lipinski definition) is 0. The van der Waals surface area contributed by atoms with Crippen molar-refractivity contribution in [3.63, 3.8) is 0 Å². The number of rotatable bonds is 7. The molecule has 4 aromatic heterocycles. The minimum absolute atomic E-state index is 0. The molecular weight excluding hydrogens is 807 g/mol. The SMILES string of the molecule is C[Si](C)(C)c1cnc(-c2[c-]cccc2)cc1CC1CC2CCC1CC2.Cc1ccc2c(n1)oc1c(-c3cc(CC(C)C)ccn3)[c-]ccc12.[Ir]. The number of benzene rings is 2. The van der Waals surface area contributed by atoms with Gasteiger partial charge in [-0.3, -0.25) is 0 Å². The first-order valence-electron chi connectivity index (χ1n) is 18.2. The van der Waals surface area contributed by atoms with Crippen molar-refractivity contribution in [3.05, 3.63) is 108 Å². The Morgan fingerprint density at radius 2 is 1.70 bits per heavy atom. The molecule has 0 amide bonds. The summed E-state index contributed by atoms with van der Waals surface area (Å²) >= 11 is 0. The maximum Gasteiger partial charge on any atom is 0.216 e. The van der Waals surface area contributed by atoms with Gasteiger partial charge in [-0.25, -0.2) is 4.98 Å². The van der Waals surface area contributed by atoms with Gasteiger partial charge in [-0.05, 0) is 97.5 Å². The van der Waals surface area contributed by atoms with E-state index in [1.54, 1.807) is 10.8 Å². The van der Waals surface area contributed by atoms with Crippen molar-refractivity contribution in [2.24, 2.45) is 23.7 Å². The van der Waals surface area contributed by atoms with Crippen molar-refractivity contribution in [2.75, 3.05) is 0 Å². The molecule has 1 unspecified atom stereocenters. The summed E-state index contributed by atoms with van der Waals surface area (Å²) < 4.78 is 6.06. The molecule has 3 fully saturated rings.